The van der Waals surface area contributed by atoms with E-state index in [0.29, 0.717) is 31.0 Å². The van der Waals surface area contributed by atoms with E-state index in [1.54, 1.807) is 36.3 Å². The van der Waals surface area contributed by atoms with Gasteiger partial charge >= 0.3 is 0 Å². The van der Waals surface area contributed by atoms with Gasteiger partial charge in [-0.3, -0.25) is 9.59 Å². The molecule has 0 aliphatic rings. The van der Waals surface area contributed by atoms with Gasteiger partial charge in [0.25, 0.3) is 5.91 Å². The third-order valence-electron chi connectivity index (χ3n) is 5.72. The molecule has 0 aliphatic carbocycles. The van der Waals surface area contributed by atoms with Gasteiger partial charge in [-0.25, -0.2) is 0 Å². The molecule has 0 saturated heterocycles. The topological polar surface area (TPSA) is 67.9 Å². The Labute approximate surface area is 207 Å². The van der Waals surface area contributed by atoms with Crippen LogP contribution < -0.4 is 14.8 Å². The number of benzene rings is 3. The van der Waals surface area contributed by atoms with Gasteiger partial charge in [0, 0.05) is 19.5 Å². The van der Waals surface area contributed by atoms with Crippen molar-refractivity contribution in [3.8, 4) is 11.5 Å². The fourth-order valence-electron chi connectivity index (χ4n) is 3.74. The standard InChI is InChI=1S/C29H34N2O4/c1-3-4-19-30-29(33)27(20-23-11-7-5-8-12-23)31(21-24-13-9-6-10-14-24)28(32)22-35-26-17-15-25(34-2)16-18-26/h5-18,27H,3-4,19-22H2,1-2H3,(H,30,33). The van der Waals surface area contributed by atoms with E-state index in [1.807, 2.05) is 60.7 Å². The van der Waals surface area contributed by atoms with Gasteiger partial charge in [-0.05, 0) is 41.8 Å². The highest BCUT2D eigenvalue weighted by molar-refractivity contribution is 5.88. The van der Waals surface area contributed by atoms with Crippen LogP contribution >= 0.6 is 0 Å². The number of carbonyl (C=O) groups excluding carboxylic acids is 2. The van der Waals surface area contributed by atoms with E-state index in [0.717, 1.165) is 24.0 Å². The van der Waals surface area contributed by atoms with Crippen LogP contribution in [0.25, 0.3) is 0 Å². The largest absolute Gasteiger partial charge is 0.497 e. The van der Waals surface area contributed by atoms with Crippen LogP contribution in [0.15, 0.2) is 84.9 Å². The number of nitrogens with one attached hydrogen (secondary N) is 1. The molecule has 0 spiro atoms. The number of hydrogen-bond donors (Lipinski definition) is 1. The molecule has 1 unspecified atom stereocenters. The molecule has 0 aliphatic heterocycles. The fraction of sp³-hybridized carbons (Fsp3) is 0.310. The zero-order valence-electron chi connectivity index (χ0n) is 20.5. The molecule has 0 fully saturated rings. The van der Waals surface area contributed by atoms with Crippen LogP contribution in [-0.4, -0.2) is 43.0 Å². The second kappa shape index (κ2) is 13.8. The molecular weight excluding hydrogens is 440 g/mol. The van der Waals surface area contributed by atoms with E-state index in [2.05, 4.69) is 12.2 Å². The van der Waals surface area contributed by atoms with Crippen LogP contribution in [0.3, 0.4) is 0 Å². The van der Waals surface area contributed by atoms with E-state index in [9.17, 15) is 9.59 Å². The lowest BCUT2D eigenvalue weighted by Crippen LogP contribution is -2.51. The number of hydrogen-bond acceptors (Lipinski definition) is 4. The highest BCUT2D eigenvalue weighted by Crippen LogP contribution is 2.19. The molecule has 0 aromatic heterocycles. The molecule has 6 nitrogen and oxygen atoms in total. The molecule has 0 saturated carbocycles. The molecular formula is C29H34N2O4. The molecule has 3 rings (SSSR count). The number of methoxy groups -OCH3 is 1. The van der Waals surface area contributed by atoms with Crippen LogP contribution in [0.5, 0.6) is 11.5 Å². The first kappa shape index (κ1) is 25.8. The molecule has 0 bridgehead atoms. The molecule has 1 atom stereocenters. The van der Waals surface area contributed by atoms with Gasteiger partial charge in [0.2, 0.25) is 5.91 Å². The summed E-state index contributed by atoms with van der Waals surface area (Å²) in [5.74, 6) is 0.860. The Morgan fingerprint density at radius 2 is 1.46 bits per heavy atom. The van der Waals surface area contributed by atoms with Crippen molar-refractivity contribution < 1.29 is 19.1 Å². The Bertz CT molecular complexity index is 1040. The van der Waals surface area contributed by atoms with E-state index in [1.165, 1.54) is 0 Å². The molecule has 3 aromatic carbocycles. The van der Waals surface area contributed by atoms with Gasteiger partial charge in [-0.1, -0.05) is 74.0 Å². The summed E-state index contributed by atoms with van der Waals surface area (Å²) in [6.07, 6.45) is 2.28. The summed E-state index contributed by atoms with van der Waals surface area (Å²) in [5, 5.41) is 3.02. The highest BCUT2D eigenvalue weighted by atomic mass is 16.5. The Hall–Kier alpha value is -3.80. The normalized spacial score (nSPS) is 11.4. The monoisotopic (exact) mass is 474 g/mol. The molecule has 0 heterocycles. The van der Waals surface area contributed by atoms with Crippen LogP contribution in [0.2, 0.25) is 0 Å². The summed E-state index contributed by atoms with van der Waals surface area (Å²) in [6, 6.07) is 25.9. The minimum absolute atomic E-state index is 0.156. The molecule has 3 aromatic rings. The minimum atomic E-state index is -0.665. The first-order chi connectivity index (χ1) is 17.1. The van der Waals surface area contributed by atoms with Gasteiger partial charge in [-0.2, -0.15) is 0 Å². The Morgan fingerprint density at radius 3 is 2.06 bits per heavy atom. The van der Waals surface area contributed by atoms with Crippen LogP contribution in [0.1, 0.15) is 30.9 Å². The number of ether oxygens (including phenoxy) is 2. The Morgan fingerprint density at radius 1 is 0.857 bits per heavy atom. The van der Waals surface area contributed by atoms with Crippen LogP contribution in [-0.2, 0) is 22.6 Å². The average Bonchev–Trinajstić information content (AvgIpc) is 2.90. The summed E-state index contributed by atoms with van der Waals surface area (Å²) in [5.41, 5.74) is 1.94. The van der Waals surface area contributed by atoms with Crippen molar-refractivity contribution in [2.24, 2.45) is 0 Å². The molecule has 6 heteroatoms. The summed E-state index contributed by atoms with van der Waals surface area (Å²) >= 11 is 0. The zero-order valence-corrected chi connectivity index (χ0v) is 20.5. The van der Waals surface area contributed by atoms with Gasteiger partial charge in [-0.15, -0.1) is 0 Å². The second-order valence-electron chi connectivity index (χ2n) is 8.32. The number of unbranched alkanes of at least 4 members (excludes halogenated alkanes) is 1. The number of amides is 2. The second-order valence-corrected chi connectivity index (χ2v) is 8.32. The van der Waals surface area contributed by atoms with Crippen molar-refractivity contribution in [3.05, 3.63) is 96.1 Å². The van der Waals surface area contributed by atoms with E-state index >= 15 is 0 Å². The number of carbonyl (C=O) groups is 2. The van der Waals surface area contributed by atoms with Gasteiger partial charge in [0.1, 0.15) is 17.5 Å². The SMILES string of the molecule is CCCCNC(=O)C(Cc1ccccc1)N(Cc1ccccc1)C(=O)COc1ccc(OC)cc1. The molecule has 35 heavy (non-hydrogen) atoms. The zero-order chi connectivity index (χ0) is 24.9. The maximum Gasteiger partial charge on any atom is 0.261 e. The first-order valence-corrected chi connectivity index (χ1v) is 12.0. The molecule has 2 amide bonds. The number of nitrogens with zero attached hydrogens (tertiary/aromatic N) is 1. The highest BCUT2D eigenvalue weighted by Gasteiger charge is 2.30. The molecule has 0 radical (unpaired) electrons. The first-order valence-electron chi connectivity index (χ1n) is 12.0. The molecule has 1 N–H and O–H groups in total. The van der Waals surface area contributed by atoms with Gasteiger partial charge in [0.15, 0.2) is 6.61 Å². The van der Waals surface area contributed by atoms with Crippen LogP contribution in [0.4, 0.5) is 0 Å². The Balaban J connectivity index is 1.83. The van der Waals surface area contributed by atoms with Crippen molar-refractivity contribution in [1.29, 1.82) is 0 Å². The van der Waals surface area contributed by atoms with Gasteiger partial charge in [0.05, 0.1) is 7.11 Å². The van der Waals surface area contributed by atoms with Crippen molar-refractivity contribution >= 4 is 11.8 Å². The van der Waals surface area contributed by atoms with Crippen molar-refractivity contribution in [1.82, 2.24) is 10.2 Å². The smallest absolute Gasteiger partial charge is 0.261 e. The van der Waals surface area contributed by atoms with E-state index < -0.39 is 6.04 Å². The summed E-state index contributed by atoms with van der Waals surface area (Å²) in [6.45, 7) is 2.79. The van der Waals surface area contributed by atoms with E-state index in [-0.39, 0.29) is 18.4 Å². The lowest BCUT2D eigenvalue weighted by atomic mass is 10.0. The lowest BCUT2D eigenvalue weighted by molar-refractivity contribution is -0.142. The quantitative estimate of drug-likeness (QED) is 0.367. The van der Waals surface area contributed by atoms with Crippen molar-refractivity contribution in [3.63, 3.8) is 0 Å². The van der Waals surface area contributed by atoms with Gasteiger partial charge < -0.3 is 19.7 Å². The summed E-state index contributed by atoms with van der Waals surface area (Å²) in [4.78, 5) is 28.5. The third kappa shape index (κ3) is 8.18. The maximum atomic E-state index is 13.5. The predicted octanol–water partition coefficient (Wildman–Crippen LogP) is 4.63. The lowest BCUT2D eigenvalue weighted by Gasteiger charge is -2.31. The predicted molar refractivity (Wildman–Crippen MR) is 137 cm³/mol. The minimum Gasteiger partial charge on any atom is -0.497 e. The summed E-state index contributed by atoms with van der Waals surface area (Å²) < 4.78 is 11.0. The van der Waals surface area contributed by atoms with Crippen molar-refractivity contribution in [2.45, 2.75) is 38.8 Å². The fourth-order valence-corrected chi connectivity index (χ4v) is 3.74. The maximum absolute atomic E-state index is 13.5. The molecule has 184 valence electrons. The van der Waals surface area contributed by atoms with Crippen LogP contribution in [0, 0.1) is 0 Å². The number of rotatable bonds is 13. The van der Waals surface area contributed by atoms with Crippen molar-refractivity contribution in [2.75, 3.05) is 20.3 Å². The third-order valence-corrected chi connectivity index (χ3v) is 5.72. The van der Waals surface area contributed by atoms with E-state index in [4.69, 9.17) is 9.47 Å². The average molecular weight is 475 g/mol. The Kier molecular flexibility index (Phi) is 10.2. The summed E-state index contributed by atoms with van der Waals surface area (Å²) in [7, 11) is 1.60.